The molecule has 0 radical (unpaired) electrons. The Morgan fingerprint density at radius 3 is 2.19 bits per heavy atom. The summed E-state index contributed by atoms with van der Waals surface area (Å²) in [6.45, 7) is 1.95. The average molecular weight is 218 g/mol. The van der Waals surface area contributed by atoms with Crippen molar-refractivity contribution in [2.45, 2.75) is 13.3 Å². The Labute approximate surface area is 94.3 Å². The minimum absolute atomic E-state index is 0.412. The van der Waals surface area contributed by atoms with Gasteiger partial charge in [0.15, 0.2) is 0 Å². The molecule has 0 fully saturated rings. The van der Waals surface area contributed by atoms with Crippen LogP contribution in [0.1, 0.15) is 22.8 Å². The summed E-state index contributed by atoms with van der Waals surface area (Å²) in [4.78, 5) is 10.6. The molecular weight excluding hydrogens is 204 g/mol. The summed E-state index contributed by atoms with van der Waals surface area (Å²) in [5, 5.41) is 8.70. The second kappa shape index (κ2) is 6.45. The van der Waals surface area contributed by atoms with Gasteiger partial charge in [-0.2, -0.15) is 0 Å². The molecule has 0 spiro atoms. The highest BCUT2D eigenvalue weighted by Crippen LogP contribution is 2.08. The lowest BCUT2D eigenvalue weighted by atomic mass is 10.1. The van der Waals surface area contributed by atoms with E-state index in [1.54, 1.807) is 24.7 Å². The van der Waals surface area contributed by atoms with E-state index in [2.05, 4.69) is 4.42 Å². The van der Waals surface area contributed by atoms with Gasteiger partial charge in [0.05, 0.1) is 18.1 Å². The summed E-state index contributed by atoms with van der Waals surface area (Å²) in [6, 6.07) is 10.7. The second-order valence-electron chi connectivity index (χ2n) is 3.11. The number of carbonyl (C=O) groups is 1. The van der Waals surface area contributed by atoms with Crippen molar-refractivity contribution in [3.8, 4) is 0 Å². The van der Waals surface area contributed by atoms with Gasteiger partial charge >= 0.3 is 5.97 Å². The molecule has 3 heteroatoms. The molecule has 1 aromatic heterocycles. The highest BCUT2D eigenvalue weighted by Gasteiger charge is 2.05. The topological polar surface area (TPSA) is 50.4 Å². The lowest BCUT2D eigenvalue weighted by molar-refractivity contribution is 0.0695. The van der Waals surface area contributed by atoms with E-state index in [0.29, 0.717) is 5.56 Å². The third kappa shape index (κ3) is 3.61. The lowest BCUT2D eigenvalue weighted by Crippen LogP contribution is -2.00. The van der Waals surface area contributed by atoms with Crippen molar-refractivity contribution in [1.82, 2.24) is 0 Å². The molecule has 0 saturated heterocycles. The van der Waals surface area contributed by atoms with Crippen LogP contribution < -0.4 is 0 Å². The van der Waals surface area contributed by atoms with Crippen LogP contribution in [0.2, 0.25) is 0 Å². The van der Waals surface area contributed by atoms with Crippen LogP contribution >= 0.6 is 0 Å². The fourth-order valence-corrected chi connectivity index (χ4v) is 1.26. The molecule has 3 nitrogen and oxygen atoms in total. The maximum atomic E-state index is 10.6. The molecule has 0 aliphatic heterocycles. The van der Waals surface area contributed by atoms with E-state index in [4.69, 9.17) is 5.11 Å². The number of carboxylic acids is 1. The fraction of sp³-hybridized carbons (Fsp3) is 0.154. The Hall–Kier alpha value is -2.03. The third-order valence-corrected chi connectivity index (χ3v) is 2.05. The van der Waals surface area contributed by atoms with Crippen LogP contribution in [0.15, 0.2) is 53.3 Å². The van der Waals surface area contributed by atoms with Crippen LogP contribution in [0, 0.1) is 0 Å². The van der Waals surface area contributed by atoms with Crippen molar-refractivity contribution in [1.29, 1.82) is 0 Å². The molecule has 84 valence electrons. The van der Waals surface area contributed by atoms with Crippen LogP contribution in [0.3, 0.4) is 0 Å². The summed E-state index contributed by atoms with van der Waals surface area (Å²) < 4.78 is 4.58. The average Bonchev–Trinajstić information content (AvgIpc) is 2.87. The molecule has 0 aliphatic rings. The maximum absolute atomic E-state index is 10.6. The summed E-state index contributed by atoms with van der Waals surface area (Å²) in [5.74, 6) is -0.845. The van der Waals surface area contributed by atoms with Gasteiger partial charge in [-0.05, 0) is 30.2 Å². The second-order valence-corrected chi connectivity index (χ2v) is 3.11. The van der Waals surface area contributed by atoms with E-state index in [1.165, 1.54) is 0 Å². The van der Waals surface area contributed by atoms with Gasteiger partial charge in [0.1, 0.15) is 0 Å². The molecule has 16 heavy (non-hydrogen) atoms. The predicted octanol–water partition coefficient (Wildman–Crippen LogP) is 3.23. The summed E-state index contributed by atoms with van der Waals surface area (Å²) in [6.07, 6.45) is 4.02. The molecule has 1 aromatic carbocycles. The number of aryl methyl sites for hydroxylation is 1. The number of hydrogen-bond acceptors (Lipinski definition) is 2. The van der Waals surface area contributed by atoms with Crippen molar-refractivity contribution in [2.75, 3.05) is 0 Å². The highest BCUT2D eigenvalue weighted by atomic mass is 16.4. The van der Waals surface area contributed by atoms with Crippen LogP contribution in [0.25, 0.3) is 0 Å². The van der Waals surface area contributed by atoms with E-state index in [-0.39, 0.29) is 0 Å². The number of benzene rings is 1. The minimum Gasteiger partial charge on any atom is -0.478 e. The molecule has 1 N–H and O–H groups in total. The monoisotopic (exact) mass is 218 g/mol. The van der Waals surface area contributed by atoms with Crippen LogP contribution in [-0.2, 0) is 6.42 Å². The molecule has 0 saturated carbocycles. The molecular formula is C13H14O3. The van der Waals surface area contributed by atoms with Gasteiger partial charge in [-0.3, -0.25) is 0 Å². The lowest BCUT2D eigenvalue weighted by Gasteiger charge is -2.00. The smallest absolute Gasteiger partial charge is 0.335 e. The SMILES string of the molecule is CCc1ccccc1C(=O)O.c1ccoc1. The highest BCUT2D eigenvalue weighted by molar-refractivity contribution is 5.89. The fourth-order valence-electron chi connectivity index (χ4n) is 1.26. The first-order chi connectivity index (χ1) is 7.75. The number of carboxylic acid groups (broad SMARTS) is 1. The first-order valence-electron chi connectivity index (χ1n) is 5.04. The molecule has 0 aliphatic carbocycles. The Balaban J connectivity index is 0.000000212. The molecule has 0 amide bonds. The van der Waals surface area contributed by atoms with E-state index < -0.39 is 5.97 Å². The molecule has 0 unspecified atom stereocenters. The van der Waals surface area contributed by atoms with Crippen LogP contribution in [-0.4, -0.2) is 11.1 Å². The molecule has 2 aromatic rings. The zero-order valence-electron chi connectivity index (χ0n) is 9.09. The summed E-state index contributed by atoms with van der Waals surface area (Å²) in [7, 11) is 0. The maximum Gasteiger partial charge on any atom is 0.335 e. The Morgan fingerprint density at radius 2 is 1.81 bits per heavy atom. The molecule has 1 heterocycles. The normalized spacial score (nSPS) is 9.06. The van der Waals surface area contributed by atoms with Gasteiger partial charge in [-0.25, -0.2) is 4.79 Å². The Bertz CT molecular complexity index is 401. The van der Waals surface area contributed by atoms with E-state index >= 15 is 0 Å². The quantitative estimate of drug-likeness (QED) is 0.841. The Kier molecular flexibility index (Phi) is 4.86. The molecule has 0 atom stereocenters. The minimum atomic E-state index is -0.845. The van der Waals surface area contributed by atoms with Crippen LogP contribution in [0.5, 0.6) is 0 Å². The zero-order valence-corrected chi connectivity index (χ0v) is 9.09. The predicted molar refractivity (Wildman–Crippen MR) is 61.5 cm³/mol. The van der Waals surface area contributed by atoms with Gasteiger partial charge in [0.25, 0.3) is 0 Å². The number of rotatable bonds is 2. The Morgan fingerprint density at radius 1 is 1.19 bits per heavy atom. The van der Waals surface area contributed by atoms with Gasteiger partial charge in [-0.1, -0.05) is 25.1 Å². The first-order valence-corrected chi connectivity index (χ1v) is 5.04. The number of furan rings is 1. The van der Waals surface area contributed by atoms with E-state index in [9.17, 15) is 4.79 Å². The van der Waals surface area contributed by atoms with Crippen molar-refractivity contribution in [3.05, 3.63) is 60.1 Å². The van der Waals surface area contributed by atoms with Crippen molar-refractivity contribution < 1.29 is 14.3 Å². The third-order valence-electron chi connectivity index (χ3n) is 2.05. The van der Waals surface area contributed by atoms with Gasteiger partial charge in [-0.15, -0.1) is 0 Å². The zero-order chi connectivity index (χ0) is 11.8. The van der Waals surface area contributed by atoms with Crippen LogP contribution in [0.4, 0.5) is 0 Å². The van der Waals surface area contributed by atoms with Crippen molar-refractivity contribution in [3.63, 3.8) is 0 Å². The number of aromatic carboxylic acids is 1. The van der Waals surface area contributed by atoms with Gasteiger partial charge < -0.3 is 9.52 Å². The van der Waals surface area contributed by atoms with Crippen molar-refractivity contribution >= 4 is 5.97 Å². The molecule has 0 bridgehead atoms. The summed E-state index contributed by atoms with van der Waals surface area (Å²) in [5.41, 5.74) is 1.30. The van der Waals surface area contributed by atoms with E-state index in [1.807, 2.05) is 31.2 Å². The van der Waals surface area contributed by atoms with Gasteiger partial charge in [0.2, 0.25) is 0 Å². The molecule has 2 rings (SSSR count). The largest absolute Gasteiger partial charge is 0.478 e. The van der Waals surface area contributed by atoms with E-state index in [0.717, 1.165) is 12.0 Å². The number of hydrogen-bond donors (Lipinski definition) is 1. The van der Waals surface area contributed by atoms with Gasteiger partial charge in [0, 0.05) is 0 Å². The standard InChI is InChI=1S/C9H10O2.C4H4O/c1-2-7-5-3-4-6-8(7)9(10)11;1-2-4-5-3-1/h3-6H,2H2,1H3,(H,10,11);1-4H. The first kappa shape index (κ1) is 12.0. The van der Waals surface area contributed by atoms with Crippen molar-refractivity contribution in [2.24, 2.45) is 0 Å². The summed E-state index contributed by atoms with van der Waals surface area (Å²) >= 11 is 0.